The number of hydrogen-bond acceptors (Lipinski definition) is 8. The van der Waals surface area contributed by atoms with Crippen molar-refractivity contribution in [2.24, 2.45) is 0 Å². The van der Waals surface area contributed by atoms with Crippen LogP contribution in [0, 0.1) is 0 Å². The van der Waals surface area contributed by atoms with Crippen LogP contribution in [-0.2, 0) is 23.9 Å². The highest BCUT2D eigenvalue weighted by molar-refractivity contribution is 7.80. The summed E-state index contributed by atoms with van der Waals surface area (Å²) in [6, 6.07) is 0. The van der Waals surface area contributed by atoms with Gasteiger partial charge in [-0.2, -0.15) is 12.6 Å². The summed E-state index contributed by atoms with van der Waals surface area (Å²) in [5.41, 5.74) is 0.706. The third-order valence-electron chi connectivity index (χ3n) is 1.83. The highest BCUT2D eigenvalue weighted by Gasteiger charge is 2.07. The normalized spacial score (nSPS) is 9.92. The molecular weight excluding hydrogens is 340 g/mol. The zero-order valence-corrected chi connectivity index (χ0v) is 15.0. The third kappa shape index (κ3) is 22.4. The number of esters is 2. The number of methoxy groups -OCH3 is 1. The lowest BCUT2D eigenvalue weighted by molar-refractivity contribution is -0.142. The van der Waals surface area contributed by atoms with Gasteiger partial charge in [-0.3, -0.25) is 4.79 Å². The van der Waals surface area contributed by atoms with E-state index in [2.05, 4.69) is 35.3 Å². The first-order valence-corrected chi connectivity index (χ1v) is 7.34. The number of hydrogen-bond donors (Lipinski definition) is 4. The Hall–Kier alpha value is -1.84. The summed E-state index contributed by atoms with van der Waals surface area (Å²) in [5, 5.41) is 24.9. The average molecular weight is 366 g/mol. The molecule has 0 aliphatic rings. The summed E-state index contributed by atoms with van der Waals surface area (Å²) < 4.78 is 8.78. The Morgan fingerprint density at radius 2 is 1.58 bits per heavy atom. The van der Waals surface area contributed by atoms with Crippen LogP contribution in [0.2, 0.25) is 0 Å². The van der Waals surface area contributed by atoms with Gasteiger partial charge >= 0.3 is 17.9 Å². The number of aliphatic hydroxyl groups is 2. The van der Waals surface area contributed by atoms with Gasteiger partial charge in [0.1, 0.15) is 12.7 Å². The number of ether oxygens (including phenoxy) is 2. The number of rotatable bonds is 7. The summed E-state index contributed by atoms with van der Waals surface area (Å²) in [7, 11) is 1.33. The van der Waals surface area contributed by atoms with Crippen molar-refractivity contribution in [3.63, 3.8) is 0 Å². The number of aliphatic hydroxyl groups excluding tert-OH is 2. The summed E-state index contributed by atoms with van der Waals surface area (Å²) in [6.45, 7) is 9.20. The van der Waals surface area contributed by atoms with Gasteiger partial charge in [0.15, 0.2) is 0 Å². The van der Waals surface area contributed by atoms with Crippen LogP contribution >= 0.6 is 12.6 Å². The van der Waals surface area contributed by atoms with E-state index in [1.807, 2.05) is 0 Å². The van der Waals surface area contributed by atoms with E-state index in [1.54, 1.807) is 6.92 Å². The maximum atomic E-state index is 10.6. The Morgan fingerprint density at radius 1 is 1.12 bits per heavy atom. The number of carbonyl (C=O) groups excluding carboxylic acids is 2. The number of carboxylic acid groups (broad SMARTS) is 1. The average Bonchev–Trinajstić information content (AvgIpc) is 2.52. The van der Waals surface area contributed by atoms with Gasteiger partial charge in [-0.25, -0.2) is 9.59 Å². The molecule has 9 heteroatoms. The van der Waals surface area contributed by atoms with Gasteiger partial charge in [-0.1, -0.05) is 13.2 Å². The minimum Gasteiger partial charge on any atom is -0.481 e. The molecular formula is C15H26O8S. The van der Waals surface area contributed by atoms with Crippen molar-refractivity contribution in [1.82, 2.24) is 0 Å². The molecule has 0 fully saturated rings. The number of thiol groups is 1. The monoisotopic (exact) mass is 366 g/mol. The molecule has 140 valence electrons. The van der Waals surface area contributed by atoms with Crippen LogP contribution in [0.4, 0.5) is 0 Å². The van der Waals surface area contributed by atoms with Crippen molar-refractivity contribution in [3.05, 3.63) is 24.3 Å². The summed E-state index contributed by atoms with van der Waals surface area (Å²) >= 11 is 3.68. The van der Waals surface area contributed by atoms with Crippen LogP contribution in [0.3, 0.4) is 0 Å². The standard InChI is InChI=1S/C7H12O4.C5H8O2.C3H6O2S/c1-5(2)7(10)11-4-6(9)3-8;1-4(2)5(6)7-3;4-3(5)1-2-6/h6,8-9H,1,3-4H2,2H3;1H2,2-3H3;6H,1-2H2,(H,4,5). The molecule has 1 unspecified atom stereocenters. The molecule has 0 aromatic heterocycles. The Bertz CT molecular complexity index is 420. The van der Waals surface area contributed by atoms with Gasteiger partial charge in [0.05, 0.1) is 20.1 Å². The van der Waals surface area contributed by atoms with E-state index in [0.29, 0.717) is 11.3 Å². The fourth-order valence-corrected chi connectivity index (χ4v) is 0.809. The first-order valence-electron chi connectivity index (χ1n) is 6.71. The predicted octanol–water partition coefficient (Wildman–Crippen LogP) is 0.585. The molecule has 0 aromatic rings. The van der Waals surface area contributed by atoms with Gasteiger partial charge in [-0.15, -0.1) is 0 Å². The largest absolute Gasteiger partial charge is 0.481 e. The molecule has 0 bridgehead atoms. The smallest absolute Gasteiger partial charge is 0.333 e. The Kier molecular flexibility index (Phi) is 19.7. The third-order valence-corrected chi connectivity index (χ3v) is 2.05. The second-order valence-corrected chi connectivity index (χ2v) is 4.80. The van der Waals surface area contributed by atoms with Crippen LogP contribution in [0.25, 0.3) is 0 Å². The van der Waals surface area contributed by atoms with Gasteiger partial charge in [0.25, 0.3) is 0 Å². The lowest BCUT2D eigenvalue weighted by Crippen LogP contribution is -2.22. The van der Waals surface area contributed by atoms with E-state index in [0.717, 1.165) is 0 Å². The lowest BCUT2D eigenvalue weighted by atomic mass is 10.3. The van der Waals surface area contributed by atoms with Gasteiger partial charge in [-0.05, 0) is 13.8 Å². The van der Waals surface area contributed by atoms with E-state index in [-0.39, 0.29) is 24.6 Å². The molecule has 0 heterocycles. The van der Waals surface area contributed by atoms with Gasteiger partial charge < -0.3 is 24.8 Å². The molecule has 3 N–H and O–H groups in total. The predicted molar refractivity (Wildman–Crippen MR) is 91.8 cm³/mol. The minimum absolute atomic E-state index is 0.156. The van der Waals surface area contributed by atoms with Crippen molar-refractivity contribution in [1.29, 1.82) is 0 Å². The number of carbonyl (C=O) groups is 3. The first kappa shape index (κ1) is 27.0. The fraction of sp³-hybridized carbons (Fsp3) is 0.533. The van der Waals surface area contributed by atoms with E-state index in [4.69, 9.17) is 15.3 Å². The van der Waals surface area contributed by atoms with Crippen molar-refractivity contribution >= 4 is 30.5 Å². The molecule has 0 radical (unpaired) electrons. The van der Waals surface area contributed by atoms with Crippen LogP contribution < -0.4 is 0 Å². The molecule has 0 saturated heterocycles. The maximum absolute atomic E-state index is 10.6. The topological polar surface area (TPSA) is 130 Å². The van der Waals surface area contributed by atoms with E-state index < -0.39 is 24.6 Å². The number of carboxylic acids is 1. The van der Waals surface area contributed by atoms with Crippen LogP contribution in [0.1, 0.15) is 20.3 Å². The summed E-state index contributed by atoms with van der Waals surface area (Å²) in [6.07, 6.45) is -0.846. The zero-order valence-electron chi connectivity index (χ0n) is 14.2. The lowest BCUT2D eigenvalue weighted by Gasteiger charge is -2.07. The fourth-order valence-electron chi connectivity index (χ4n) is 0.618. The second-order valence-electron chi connectivity index (χ2n) is 4.35. The number of aliphatic carboxylic acids is 1. The van der Waals surface area contributed by atoms with E-state index >= 15 is 0 Å². The minimum atomic E-state index is -1.00. The Balaban J connectivity index is -0.000000294. The van der Waals surface area contributed by atoms with Gasteiger partial charge in [0, 0.05) is 16.9 Å². The summed E-state index contributed by atoms with van der Waals surface area (Å²) in [4.78, 5) is 30.4. The van der Waals surface area contributed by atoms with E-state index in [1.165, 1.54) is 14.0 Å². The molecule has 8 nitrogen and oxygen atoms in total. The van der Waals surface area contributed by atoms with Crippen LogP contribution in [0.5, 0.6) is 0 Å². The van der Waals surface area contributed by atoms with Crippen LogP contribution in [0.15, 0.2) is 24.3 Å². The molecule has 0 aliphatic heterocycles. The molecule has 0 saturated carbocycles. The summed E-state index contributed by atoms with van der Waals surface area (Å²) in [5.74, 6) is -1.27. The van der Waals surface area contributed by atoms with Crippen molar-refractivity contribution in [3.8, 4) is 0 Å². The molecule has 0 spiro atoms. The van der Waals surface area contributed by atoms with Gasteiger partial charge in [0.2, 0.25) is 0 Å². The maximum Gasteiger partial charge on any atom is 0.333 e. The van der Waals surface area contributed by atoms with Crippen molar-refractivity contribution in [2.45, 2.75) is 26.4 Å². The molecule has 24 heavy (non-hydrogen) atoms. The molecule has 0 rings (SSSR count). The molecule has 0 aromatic carbocycles. The molecule has 1 atom stereocenters. The first-order chi connectivity index (χ1) is 11.0. The quantitative estimate of drug-likeness (QED) is 0.292. The SMILES string of the molecule is C=C(C)C(=O)OC.C=C(C)C(=O)OCC(O)CO.O=C(O)CCS. The molecule has 0 amide bonds. The second kappa shape index (κ2) is 17.5. The van der Waals surface area contributed by atoms with Crippen LogP contribution in [-0.4, -0.2) is 65.4 Å². The Labute approximate surface area is 147 Å². The highest BCUT2D eigenvalue weighted by atomic mass is 32.1. The highest BCUT2D eigenvalue weighted by Crippen LogP contribution is 1.93. The Morgan fingerprint density at radius 3 is 1.75 bits per heavy atom. The van der Waals surface area contributed by atoms with Crippen molar-refractivity contribution in [2.75, 3.05) is 26.1 Å². The van der Waals surface area contributed by atoms with Crippen molar-refractivity contribution < 1.29 is 39.2 Å². The van der Waals surface area contributed by atoms with E-state index in [9.17, 15) is 14.4 Å². The zero-order chi connectivity index (χ0) is 19.7. The molecule has 0 aliphatic carbocycles.